The highest BCUT2D eigenvalue weighted by atomic mass is 16.1. The zero-order chi connectivity index (χ0) is 12.0. The van der Waals surface area contributed by atoms with E-state index in [-0.39, 0.29) is 5.78 Å². The highest BCUT2D eigenvalue weighted by Gasteiger charge is 2.33. The largest absolute Gasteiger partial charge is 0.294 e. The van der Waals surface area contributed by atoms with Crippen LogP contribution in [0.15, 0.2) is 24.3 Å². The average molecular weight is 178 g/mol. The molecule has 0 saturated heterocycles. The fraction of sp³-hybridized carbons (Fsp3) is 0.417. The molecule has 1 aliphatic rings. The maximum absolute atomic E-state index is 12.2. The number of fused-ring (bicyclic) bond motifs is 1. The molecular formula is C12H14O. The number of carbonyl (C=O) groups is 1. The number of carbonyl (C=O) groups excluding carboxylic acids is 1. The lowest BCUT2D eigenvalue weighted by atomic mass is 9.77. The zero-order valence-corrected chi connectivity index (χ0v) is 7.63. The molecule has 2 rings (SSSR count). The molecule has 1 aromatic rings. The van der Waals surface area contributed by atoms with Crippen LogP contribution < -0.4 is 0 Å². The first kappa shape index (κ1) is 5.58. The Morgan fingerprint density at radius 3 is 3.00 bits per heavy atom. The van der Waals surface area contributed by atoms with Crippen molar-refractivity contribution in [3.63, 3.8) is 0 Å². The van der Waals surface area contributed by atoms with Crippen LogP contribution in [-0.4, -0.2) is 5.78 Å². The van der Waals surface area contributed by atoms with Gasteiger partial charge in [-0.2, -0.15) is 0 Å². The van der Waals surface area contributed by atoms with Crippen molar-refractivity contribution in [3.8, 4) is 0 Å². The predicted molar refractivity (Wildman–Crippen MR) is 52.9 cm³/mol. The molecule has 0 amide bonds. The second-order valence-electron chi connectivity index (χ2n) is 3.82. The normalized spacial score (nSPS) is 31.5. The quantitative estimate of drug-likeness (QED) is 0.558. The summed E-state index contributed by atoms with van der Waals surface area (Å²) in [6.07, 6.45) is 1.07. The molecule has 0 aliphatic heterocycles. The molecule has 1 aliphatic carbocycles. The zero-order valence-electron chi connectivity index (χ0n) is 10.6. The Hall–Kier alpha value is -1.11. The maximum Gasteiger partial charge on any atom is 0.168 e. The van der Waals surface area contributed by atoms with Gasteiger partial charge in [0.05, 0.1) is 0 Å². The molecule has 0 N–H and O–H groups in total. The van der Waals surface area contributed by atoms with Crippen LogP contribution in [0.25, 0.3) is 0 Å². The van der Waals surface area contributed by atoms with Crippen LogP contribution in [0.1, 0.15) is 40.2 Å². The van der Waals surface area contributed by atoms with E-state index in [2.05, 4.69) is 0 Å². The number of ketones is 1. The molecule has 0 fully saturated rings. The van der Waals surface area contributed by atoms with Crippen molar-refractivity contribution in [2.75, 3.05) is 0 Å². The number of rotatable bonds is 0. The molecule has 1 unspecified atom stereocenters. The highest BCUT2D eigenvalue weighted by Crippen LogP contribution is 2.34. The second-order valence-corrected chi connectivity index (χ2v) is 3.82. The molecular weight excluding hydrogens is 161 g/mol. The highest BCUT2D eigenvalue weighted by molar-refractivity contribution is 6.02. The fourth-order valence-electron chi connectivity index (χ4n) is 1.76. The first-order valence-corrected chi connectivity index (χ1v) is 4.49. The van der Waals surface area contributed by atoms with Crippen LogP contribution in [0.3, 0.4) is 0 Å². The number of Topliss-reactive ketones (excluding diaryl/α,β-unsaturated/α-hetero) is 1. The summed E-state index contributed by atoms with van der Waals surface area (Å²) < 4.78 is 22.5. The van der Waals surface area contributed by atoms with E-state index < -0.39 is 12.3 Å². The summed E-state index contributed by atoms with van der Waals surface area (Å²) in [6.45, 7) is -0.671. The number of hydrogen-bond donors (Lipinski definition) is 0. The van der Waals surface area contributed by atoms with Gasteiger partial charge in [-0.3, -0.25) is 4.79 Å². The lowest BCUT2D eigenvalue weighted by Gasteiger charge is -2.29. The second kappa shape index (κ2) is 2.69. The predicted octanol–water partition coefficient (Wildman–Crippen LogP) is 2.84. The molecule has 1 aromatic carbocycles. The molecule has 1 nitrogen and oxygen atoms in total. The number of aryl methyl sites for hydroxylation is 1. The van der Waals surface area contributed by atoms with E-state index in [0.717, 1.165) is 5.56 Å². The molecule has 0 aromatic heterocycles. The summed E-state index contributed by atoms with van der Waals surface area (Å²) in [4.78, 5) is 12.2. The molecule has 0 bridgehead atoms. The minimum absolute atomic E-state index is 0.241. The van der Waals surface area contributed by atoms with Gasteiger partial charge in [0, 0.05) is 15.1 Å². The van der Waals surface area contributed by atoms with E-state index in [0.29, 0.717) is 18.4 Å². The molecule has 0 heterocycles. The first-order valence-electron chi connectivity index (χ1n) is 5.99. The van der Waals surface area contributed by atoms with Gasteiger partial charge in [0.15, 0.2) is 5.78 Å². The van der Waals surface area contributed by atoms with Gasteiger partial charge < -0.3 is 0 Å². The van der Waals surface area contributed by atoms with Crippen LogP contribution in [0, 0.1) is 5.41 Å². The Kier molecular flexibility index (Phi) is 1.16. The molecule has 0 spiro atoms. The smallest absolute Gasteiger partial charge is 0.168 e. The summed E-state index contributed by atoms with van der Waals surface area (Å²) in [5, 5.41) is 0. The van der Waals surface area contributed by atoms with Crippen molar-refractivity contribution in [1.29, 1.82) is 0 Å². The average Bonchev–Trinajstić information content (AvgIpc) is 2.22. The summed E-state index contributed by atoms with van der Waals surface area (Å²) in [6, 6.07) is 7.28. The fourth-order valence-corrected chi connectivity index (χ4v) is 1.76. The van der Waals surface area contributed by atoms with Crippen molar-refractivity contribution in [1.82, 2.24) is 0 Å². The van der Waals surface area contributed by atoms with Crippen molar-refractivity contribution in [2.24, 2.45) is 5.41 Å². The van der Waals surface area contributed by atoms with Crippen LogP contribution in [0.5, 0.6) is 0 Å². The summed E-state index contributed by atoms with van der Waals surface area (Å²) in [5.74, 6) is -0.241. The Morgan fingerprint density at radius 1 is 1.46 bits per heavy atom. The van der Waals surface area contributed by atoms with Gasteiger partial charge in [0.25, 0.3) is 0 Å². The summed E-state index contributed by atoms with van der Waals surface area (Å²) >= 11 is 0. The maximum atomic E-state index is 12.2. The van der Waals surface area contributed by atoms with Gasteiger partial charge in [0.2, 0.25) is 0 Å². The van der Waals surface area contributed by atoms with Crippen LogP contribution in [0.2, 0.25) is 0 Å². The van der Waals surface area contributed by atoms with E-state index >= 15 is 0 Å². The van der Waals surface area contributed by atoms with E-state index in [1.807, 2.05) is 12.1 Å². The van der Waals surface area contributed by atoms with Crippen molar-refractivity contribution in [3.05, 3.63) is 35.4 Å². The molecule has 13 heavy (non-hydrogen) atoms. The van der Waals surface area contributed by atoms with E-state index in [1.165, 1.54) is 0 Å². The minimum atomic E-state index is -2.22. The molecule has 68 valence electrons. The monoisotopic (exact) mass is 178 g/mol. The minimum Gasteiger partial charge on any atom is -0.294 e. The first-order chi connectivity index (χ1) is 7.36. The summed E-state index contributed by atoms with van der Waals surface area (Å²) in [5.41, 5.74) is 0.322. The lowest BCUT2D eigenvalue weighted by Crippen LogP contribution is -2.30. The molecule has 0 radical (unpaired) electrons. The van der Waals surface area contributed by atoms with Gasteiger partial charge >= 0.3 is 0 Å². The number of hydrogen-bond acceptors (Lipinski definition) is 1. The van der Waals surface area contributed by atoms with E-state index in [4.69, 9.17) is 4.11 Å². The van der Waals surface area contributed by atoms with Gasteiger partial charge in [-0.15, -0.1) is 0 Å². The van der Waals surface area contributed by atoms with E-state index in [9.17, 15) is 4.79 Å². The van der Waals surface area contributed by atoms with Gasteiger partial charge in [0.1, 0.15) is 0 Å². The van der Waals surface area contributed by atoms with Crippen molar-refractivity contribution < 1.29 is 8.91 Å². The molecule has 0 saturated carbocycles. The van der Waals surface area contributed by atoms with Gasteiger partial charge in [-0.1, -0.05) is 38.0 Å². The van der Waals surface area contributed by atoms with Crippen molar-refractivity contribution in [2.45, 2.75) is 26.6 Å². The number of benzene rings is 1. The Balaban J connectivity index is 2.50. The van der Waals surface area contributed by atoms with Gasteiger partial charge in [-0.25, -0.2) is 0 Å². The van der Waals surface area contributed by atoms with Crippen molar-refractivity contribution >= 4 is 5.78 Å². The standard InChI is InChI=1S/C12H14O/c1-12(2)8-7-9-5-3-4-6-10(9)11(12)13/h3-6H,7-8H2,1-2H3/i1+1D3. The van der Waals surface area contributed by atoms with Crippen LogP contribution in [-0.2, 0) is 6.42 Å². The Labute approximate surface area is 83.0 Å². The van der Waals surface area contributed by atoms with Crippen LogP contribution in [0.4, 0.5) is 0 Å². The molecule has 1 heteroatoms. The third kappa shape index (κ3) is 1.28. The summed E-state index contributed by atoms with van der Waals surface area (Å²) in [7, 11) is 0. The van der Waals surface area contributed by atoms with E-state index in [1.54, 1.807) is 19.1 Å². The van der Waals surface area contributed by atoms with Crippen LogP contribution >= 0.6 is 0 Å². The Morgan fingerprint density at radius 2 is 2.23 bits per heavy atom. The SMILES string of the molecule is [2H][13C]([2H])([2H])C1(C)CCc2ccccc2C1=O. The third-order valence-corrected chi connectivity index (χ3v) is 2.66. The molecule has 1 atom stereocenters. The topological polar surface area (TPSA) is 17.1 Å². The Bertz CT molecular complexity index is 436. The lowest BCUT2D eigenvalue weighted by molar-refractivity contribution is 0.0811. The third-order valence-electron chi connectivity index (χ3n) is 2.66. The van der Waals surface area contributed by atoms with Gasteiger partial charge in [-0.05, 0) is 18.4 Å².